The quantitative estimate of drug-likeness (QED) is 0.157. The molecular formula is C40H54N2. The highest BCUT2D eigenvalue weighted by molar-refractivity contribution is 5.98. The standard InChI is InChI=1S/C34H38N2.2C2H6.C2H4/c1-5-8-10-16-26(7-3)25(4)36-31-20-14-13-17-27(15-6-2)34(31)30-24-32-28(23-33(30)36)21-22-35(32)29-18-11-9-12-19-29;3*1-2/h6,8-12,15-16,18-25H,5,7,13-14,17H2,1-4H3;2*1-2H3;1-2H2/b10-8-,15-6-,26-16-;;;. The molecule has 2 nitrogen and oxygen atoms in total. The Bertz CT molecular complexity index is 1600. The van der Waals surface area contributed by atoms with Crippen LogP contribution in [0, 0.1) is 0 Å². The van der Waals surface area contributed by atoms with Crippen LogP contribution in [0.25, 0.3) is 39.1 Å². The molecular weight excluding hydrogens is 508 g/mol. The van der Waals surface area contributed by atoms with E-state index in [1.165, 1.54) is 55.6 Å². The van der Waals surface area contributed by atoms with Gasteiger partial charge in [-0.15, -0.1) is 13.2 Å². The van der Waals surface area contributed by atoms with Crippen LogP contribution in [0.15, 0.2) is 104 Å². The Hall–Kier alpha value is -3.78. The highest BCUT2D eigenvalue weighted by atomic mass is 15.0. The molecule has 1 unspecified atom stereocenters. The molecule has 5 rings (SSSR count). The zero-order chi connectivity index (χ0) is 31.1. The first kappa shape index (κ1) is 34.4. The monoisotopic (exact) mass is 562 g/mol. The van der Waals surface area contributed by atoms with E-state index >= 15 is 0 Å². The molecule has 0 amide bonds. The van der Waals surface area contributed by atoms with Crippen LogP contribution in [0.4, 0.5) is 0 Å². The first-order valence-electron chi connectivity index (χ1n) is 16.1. The van der Waals surface area contributed by atoms with Gasteiger partial charge in [0.15, 0.2) is 0 Å². The topological polar surface area (TPSA) is 9.86 Å². The normalized spacial score (nSPS) is 13.8. The van der Waals surface area contributed by atoms with Crippen molar-refractivity contribution >= 4 is 33.5 Å². The molecule has 4 aromatic rings. The number of para-hydroxylation sites is 1. The smallest absolute Gasteiger partial charge is 0.0536 e. The maximum Gasteiger partial charge on any atom is 0.0536 e. The summed E-state index contributed by atoms with van der Waals surface area (Å²) < 4.78 is 4.94. The van der Waals surface area contributed by atoms with Gasteiger partial charge in [-0.3, -0.25) is 0 Å². The summed E-state index contributed by atoms with van der Waals surface area (Å²) in [5, 5.41) is 5.47. The zero-order valence-electron chi connectivity index (χ0n) is 27.6. The fourth-order valence-corrected chi connectivity index (χ4v) is 5.80. The van der Waals surface area contributed by atoms with Gasteiger partial charge in [0, 0.05) is 33.2 Å². The zero-order valence-corrected chi connectivity index (χ0v) is 27.6. The molecule has 0 N–H and O–H groups in total. The lowest BCUT2D eigenvalue weighted by Crippen LogP contribution is -2.32. The summed E-state index contributed by atoms with van der Waals surface area (Å²) in [6.07, 6.45) is 21.6. The molecule has 2 aromatic heterocycles. The van der Waals surface area contributed by atoms with E-state index in [4.69, 9.17) is 0 Å². The maximum absolute atomic E-state index is 3.00. The van der Waals surface area contributed by atoms with Crippen LogP contribution < -0.4 is 10.6 Å². The van der Waals surface area contributed by atoms with E-state index in [1.54, 1.807) is 0 Å². The molecule has 1 aliphatic carbocycles. The number of allylic oxidation sites excluding steroid dienone is 6. The number of hydrogen-bond donors (Lipinski definition) is 0. The van der Waals surface area contributed by atoms with Gasteiger partial charge in [0.25, 0.3) is 0 Å². The highest BCUT2D eigenvalue weighted by Gasteiger charge is 2.19. The highest BCUT2D eigenvalue weighted by Crippen LogP contribution is 2.29. The Labute approximate surface area is 255 Å². The van der Waals surface area contributed by atoms with Gasteiger partial charge >= 0.3 is 0 Å². The Balaban J connectivity index is 0.000000966. The first-order valence-corrected chi connectivity index (χ1v) is 16.1. The van der Waals surface area contributed by atoms with Crippen molar-refractivity contribution in [2.45, 2.75) is 93.5 Å². The number of nitrogens with zero attached hydrogens (tertiary/aromatic N) is 2. The predicted octanol–water partition coefficient (Wildman–Crippen LogP) is 11.0. The summed E-state index contributed by atoms with van der Waals surface area (Å²) in [4.78, 5) is 0. The van der Waals surface area contributed by atoms with Crippen LogP contribution in [-0.4, -0.2) is 9.13 Å². The van der Waals surface area contributed by atoms with Gasteiger partial charge in [-0.2, -0.15) is 0 Å². The minimum atomic E-state index is 0.289. The maximum atomic E-state index is 3.00. The van der Waals surface area contributed by atoms with Gasteiger partial charge in [0.05, 0.1) is 17.1 Å². The van der Waals surface area contributed by atoms with Gasteiger partial charge in [0.1, 0.15) is 0 Å². The third kappa shape index (κ3) is 7.34. The minimum Gasteiger partial charge on any atom is -0.334 e. The lowest BCUT2D eigenvalue weighted by molar-refractivity contribution is 0.614. The minimum absolute atomic E-state index is 0.289. The second-order valence-electron chi connectivity index (χ2n) is 9.81. The van der Waals surface area contributed by atoms with E-state index < -0.39 is 0 Å². The summed E-state index contributed by atoms with van der Waals surface area (Å²) in [6, 6.07) is 18.1. The number of fused-ring (bicyclic) bond motifs is 4. The molecule has 0 aliphatic heterocycles. The van der Waals surface area contributed by atoms with Crippen molar-refractivity contribution in [1.82, 2.24) is 9.13 Å². The number of hydrogen-bond acceptors (Lipinski definition) is 0. The van der Waals surface area contributed by atoms with Gasteiger partial charge in [-0.05, 0) is 87.4 Å². The molecule has 42 heavy (non-hydrogen) atoms. The van der Waals surface area contributed by atoms with Crippen LogP contribution in [-0.2, 0) is 0 Å². The fourth-order valence-electron chi connectivity index (χ4n) is 5.80. The van der Waals surface area contributed by atoms with Crippen molar-refractivity contribution in [3.05, 3.63) is 114 Å². The van der Waals surface area contributed by atoms with Crippen molar-refractivity contribution in [2.24, 2.45) is 0 Å². The summed E-state index contributed by atoms with van der Waals surface area (Å²) >= 11 is 0. The van der Waals surface area contributed by atoms with Crippen LogP contribution in [0.5, 0.6) is 0 Å². The van der Waals surface area contributed by atoms with Crippen LogP contribution in [0.1, 0.15) is 93.5 Å². The molecule has 0 saturated carbocycles. The average Bonchev–Trinajstić information content (AvgIpc) is 3.53. The number of rotatable bonds is 7. The molecule has 2 aromatic carbocycles. The number of aromatic nitrogens is 2. The van der Waals surface area contributed by atoms with E-state index in [0.29, 0.717) is 0 Å². The molecule has 0 radical (unpaired) electrons. The van der Waals surface area contributed by atoms with Crippen LogP contribution in [0.2, 0.25) is 0 Å². The Morgan fingerprint density at radius 2 is 1.69 bits per heavy atom. The Morgan fingerprint density at radius 1 is 0.976 bits per heavy atom. The Kier molecular flexibility index (Phi) is 14.7. The van der Waals surface area contributed by atoms with Crippen molar-refractivity contribution in [3.63, 3.8) is 0 Å². The summed E-state index contributed by atoms with van der Waals surface area (Å²) in [7, 11) is 0. The lowest BCUT2D eigenvalue weighted by atomic mass is 10.0. The summed E-state index contributed by atoms with van der Waals surface area (Å²) in [5.74, 6) is 0. The van der Waals surface area contributed by atoms with Gasteiger partial charge in [0.2, 0.25) is 0 Å². The lowest BCUT2D eigenvalue weighted by Gasteiger charge is -2.19. The third-order valence-corrected chi connectivity index (χ3v) is 7.58. The molecule has 0 spiro atoms. The second kappa shape index (κ2) is 17.9. The predicted molar refractivity (Wildman–Crippen MR) is 191 cm³/mol. The molecule has 1 aliphatic rings. The van der Waals surface area contributed by atoms with Gasteiger partial charge < -0.3 is 9.13 Å². The van der Waals surface area contributed by atoms with E-state index in [-0.39, 0.29) is 6.04 Å². The average molecular weight is 563 g/mol. The van der Waals surface area contributed by atoms with Gasteiger partial charge in [-0.1, -0.05) is 96.2 Å². The third-order valence-electron chi connectivity index (χ3n) is 7.58. The van der Waals surface area contributed by atoms with Crippen LogP contribution in [0.3, 0.4) is 0 Å². The largest absolute Gasteiger partial charge is 0.334 e. The van der Waals surface area contributed by atoms with Crippen LogP contribution >= 0.6 is 0 Å². The van der Waals surface area contributed by atoms with E-state index in [0.717, 1.165) is 25.7 Å². The Morgan fingerprint density at radius 3 is 2.33 bits per heavy atom. The molecule has 224 valence electrons. The van der Waals surface area contributed by atoms with Crippen molar-refractivity contribution < 1.29 is 0 Å². The summed E-state index contributed by atoms with van der Waals surface area (Å²) in [5.41, 5.74) is 6.73. The molecule has 2 heterocycles. The van der Waals surface area contributed by atoms with Crippen molar-refractivity contribution in [2.75, 3.05) is 0 Å². The molecule has 0 bridgehead atoms. The SMILES string of the molecule is C/C=C\C1=c2c(n(C(C)/C(=C\C=C/CC)CC)c3cc4ccn(-c5ccccc5)c4cc23)=CCCC1.C=C.CC.CC. The molecule has 2 heteroatoms. The van der Waals surface area contributed by atoms with E-state index in [9.17, 15) is 0 Å². The van der Waals surface area contributed by atoms with E-state index in [1.807, 2.05) is 27.7 Å². The fraction of sp³-hybridized carbons (Fsp3) is 0.350. The number of benzene rings is 2. The second-order valence-corrected chi connectivity index (χ2v) is 9.81. The van der Waals surface area contributed by atoms with Crippen molar-refractivity contribution in [1.29, 1.82) is 0 Å². The van der Waals surface area contributed by atoms with Crippen molar-refractivity contribution in [3.8, 4) is 5.69 Å². The van der Waals surface area contributed by atoms with Gasteiger partial charge in [-0.25, -0.2) is 0 Å². The molecule has 1 atom stereocenters. The van der Waals surface area contributed by atoms with E-state index in [2.05, 4.69) is 141 Å². The molecule has 0 saturated heterocycles. The first-order chi connectivity index (χ1) is 20.7. The summed E-state index contributed by atoms with van der Waals surface area (Å²) in [6.45, 7) is 23.0. The molecule has 0 fully saturated rings.